The predicted octanol–water partition coefficient (Wildman–Crippen LogP) is 0.188. The van der Waals surface area contributed by atoms with E-state index in [-0.39, 0.29) is 0 Å². The van der Waals surface area contributed by atoms with Crippen molar-refractivity contribution in [3.8, 4) is 0 Å². The van der Waals surface area contributed by atoms with Crippen molar-refractivity contribution in [1.82, 2.24) is 0 Å². The van der Waals surface area contributed by atoms with Crippen molar-refractivity contribution in [1.29, 1.82) is 0 Å². The quantitative estimate of drug-likeness (QED) is 0.462. The number of rotatable bonds is 0. The van der Waals surface area contributed by atoms with E-state index in [1.807, 2.05) is 0 Å². The molecule has 2 N–H and O–H groups in total. The molecule has 4 heteroatoms. The molecule has 0 rings (SSSR count). The molecule has 0 bridgehead atoms. The van der Waals surface area contributed by atoms with Crippen molar-refractivity contribution in [3.05, 3.63) is 0 Å². The van der Waals surface area contributed by atoms with Crippen molar-refractivity contribution in [2.45, 2.75) is 0 Å². The van der Waals surface area contributed by atoms with Crippen LogP contribution in [-0.4, -0.2) is 21.8 Å². The van der Waals surface area contributed by atoms with Crippen LogP contribution in [-0.2, 0) is 15.6 Å². The minimum atomic E-state index is -1.83. The molecule has 0 saturated heterocycles. The summed E-state index contributed by atoms with van der Waals surface area (Å²) in [4.78, 5) is 8.56. The maximum absolute atomic E-state index is 8.56. The topological polar surface area (TPSA) is 57.5 Å². The summed E-state index contributed by atoms with van der Waals surface area (Å²) in [5, 5.41) is 13.9. The summed E-state index contributed by atoms with van der Waals surface area (Å²) in [6.45, 7) is 0. The molecule has 0 amide bonds. The van der Waals surface area contributed by atoms with Crippen LogP contribution in [0.15, 0.2) is 0 Å². The van der Waals surface area contributed by atoms with Crippen LogP contribution in [0.25, 0.3) is 0 Å². The second-order valence-electron chi connectivity index (χ2n) is 0.283. The average Bonchev–Trinajstić information content (AvgIpc) is 1.41. The van der Waals surface area contributed by atoms with Crippen molar-refractivity contribution in [3.63, 3.8) is 0 Å². The Kier molecular flexibility index (Phi) is 13.5. The van der Waals surface area contributed by atoms with Crippen LogP contribution in [0.1, 0.15) is 0 Å². The third kappa shape index (κ3) is 223. The molecule has 3 nitrogen and oxygen atoms in total. The van der Waals surface area contributed by atoms with E-state index in [2.05, 4.69) is 21.0 Å². The van der Waals surface area contributed by atoms with E-state index in [1.165, 1.54) is 0 Å². The van der Waals surface area contributed by atoms with Gasteiger partial charge in [0, 0.05) is 0 Å². The van der Waals surface area contributed by atoms with Gasteiger partial charge in [-0.3, -0.25) is 0 Å². The van der Waals surface area contributed by atoms with Crippen molar-refractivity contribution in [2.75, 3.05) is 0 Å². The first kappa shape index (κ1) is 9.18. The minimum absolute atomic E-state index is 1.83. The molecule has 0 aromatic carbocycles. The van der Waals surface area contributed by atoms with Crippen molar-refractivity contribution >= 4 is 11.6 Å². The van der Waals surface area contributed by atoms with Crippen LogP contribution in [0, 0.1) is 0 Å². The molecule has 0 aliphatic carbocycles. The summed E-state index contributed by atoms with van der Waals surface area (Å²) in [5.41, 5.74) is 3.00. The number of hydrogen-bond acceptors (Lipinski definition) is 1. The number of carboxylic acid groups (broad SMARTS) is 2. The Morgan fingerprint density at radius 3 is 1.50 bits per heavy atom. The summed E-state index contributed by atoms with van der Waals surface area (Å²) >= 11 is 3.00. The first-order chi connectivity index (χ1) is 2.73. The molecule has 0 radical (unpaired) electrons. The van der Waals surface area contributed by atoms with Crippen LogP contribution >= 0.6 is 0 Å². The van der Waals surface area contributed by atoms with Gasteiger partial charge in [0.25, 0.3) is 0 Å². The summed E-state index contributed by atoms with van der Waals surface area (Å²) in [6, 6.07) is 0. The zero-order valence-corrected chi connectivity index (χ0v) is 3.97. The molecule has 0 aliphatic rings. The Hall–Kier alpha value is -0.341. The van der Waals surface area contributed by atoms with Gasteiger partial charge in [-0.05, 0) is 0 Å². The van der Waals surface area contributed by atoms with Crippen LogP contribution in [0.5, 0.6) is 0 Å². The fraction of sp³-hybridized carbons (Fsp3) is 0. The summed E-state index contributed by atoms with van der Waals surface area (Å²) < 4.78 is 0. The molecule has 0 aromatic rings. The van der Waals surface area contributed by atoms with Gasteiger partial charge in [0.1, 0.15) is 0 Å². The van der Waals surface area contributed by atoms with Crippen LogP contribution in [0.2, 0.25) is 0 Å². The SMILES string of the molecule is O=C(O)O.[CH2]=[Fe]. The predicted molar refractivity (Wildman–Crippen MR) is 17.8 cm³/mol. The molecule has 0 spiro atoms. The van der Waals surface area contributed by atoms with E-state index < -0.39 is 6.16 Å². The fourth-order valence-electron chi connectivity index (χ4n) is 0. The van der Waals surface area contributed by atoms with E-state index in [4.69, 9.17) is 15.0 Å². The molecule has 0 aliphatic heterocycles. The molecule has 6 heavy (non-hydrogen) atoms. The monoisotopic (exact) mass is 132 g/mol. The third-order valence-electron chi connectivity index (χ3n) is 0. The standard InChI is InChI=1S/CH2O3.CH2.Fe/c2-1(3)4;;/h(H2,2,3,4);1H2;. The molecule has 38 valence electrons. The van der Waals surface area contributed by atoms with Gasteiger partial charge in [-0.25, -0.2) is 4.79 Å². The van der Waals surface area contributed by atoms with Gasteiger partial charge in [0.15, 0.2) is 0 Å². The van der Waals surface area contributed by atoms with Gasteiger partial charge in [-0.2, -0.15) is 0 Å². The van der Waals surface area contributed by atoms with Gasteiger partial charge in [-0.1, -0.05) is 0 Å². The molecule has 0 aromatic heterocycles. The van der Waals surface area contributed by atoms with Gasteiger partial charge < -0.3 is 10.2 Å². The van der Waals surface area contributed by atoms with E-state index in [1.54, 1.807) is 0 Å². The van der Waals surface area contributed by atoms with Crippen molar-refractivity contribution in [2.24, 2.45) is 0 Å². The molecule has 0 fully saturated rings. The third-order valence-corrected chi connectivity index (χ3v) is 0. The molecule has 0 unspecified atom stereocenters. The normalized spacial score (nSPS) is 4.83. The second kappa shape index (κ2) is 8.82. The number of carbonyl (C=O) groups is 1. The van der Waals surface area contributed by atoms with Gasteiger partial charge in [0.2, 0.25) is 0 Å². The molecule has 0 atom stereocenters. The Morgan fingerprint density at radius 1 is 1.50 bits per heavy atom. The fourth-order valence-corrected chi connectivity index (χ4v) is 0. The molecular formula is C2H4FeO3. The zero-order valence-electron chi connectivity index (χ0n) is 2.86. The Balaban J connectivity index is 0. The Bertz CT molecular complexity index is 40.1. The average molecular weight is 132 g/mol. The van der Waals surface area contributed by atoms with Crippen LogP contribution in [0.3, 0.4) is 0 Å². The van der Waals surface area contributed by atoms with Crippen molar-refractivity contribution < 1.29 is 30.6 Å². The zero-order chi connectivity index (χ0) is 5.58. The first-order valence-corrected chi connectivity index (χ1v) is 1.68. The van der Waals surface area contributed by atoms with Crippen LogP contribution in [0.4, 0.5) is 4.79 Å². The second-order valence-corrected chi connectivity index (χ2v) is 0.283. The molecular weight excluding hydrogens is 128 g/mol. The maximum atomic E-state index is 8.56. The summed E-state index contributed by atoms with van der Waals surface area (Å²) in [6.07, 6.45) is -1.83. The van der Waals surface area contributed by atoms with E-state index >= 15 is 0 Å². The van der Waals surface area contributed by atoms with Gasteiger partial charge >= 0.3 is 27.2 Å². The number of hydrogen-bond donors (Lipinski definition) is 2. The summed E-state index contributed by atoms with van der Waals surface area (Å²) in [7, 11) is 0. The van der Waals surface area contributed by atoms with Crippen LogP contribution < -0.4 is 0 Å². The van der Waals surface area contributed by atoms with Gasteiger partial charge in [-0.15, -0.1) is 0 Å². The van der Waals surface area contributed by atoms with E-state index in [0.29, 0.717) is 0 Å². The molecule has 0 heterocycles. The Labute approximate surface area is 43.0 Å². The van der Waals surface area contributed by atoms with Gasteiger partial charge in [0.05, 0.1) is 0 Å². The Morgan fingerprint density at radius 2 is 1.50 bits per heavy atom. The molecule has 0 saturated carbocycles. The van der Waals surface area contributed by atoms with E-state index in [9.17, 15) is 0 Å². The first-order valence-electron chi connectivity index (χ1n) is 0.901. The van der Waals surface area contributed by atoms with E-state index in [0.717, 1.165) is 0 Å². The summed E-state index contributed by atoms with van der Waals surface area (Å²) in [5.74, 6) is 0.